The number of guanidine groups is 1. The maximum Gasteiger partial charge on any atom is 0.387 e. The molecule has 0 spiro atoms. The summed E-state index contributed by atoms with van der Waals surface area (Å²) >= 11 is 0. The predicted octanol–water partition coefficient (Wildman–Crippen LogP) is 2.00. The van der Waals surface area contributed by atoms with Crippen molar-refractivity contribution in [2.24, 2.45) is 4.99 Å². The molecule has 0 saturated carbocycles. The zero-order chi connectivity index (χ0) is 17.1. The molecule has 8 heteroatoms. The first-order valence-corrected chi connectivity index (χ1v) is 7.25. The molecule has 0 aliphatic heterocycles. The first-order valence-electron chi connectivity index (χ1n) is 7.25. The van der Waals surface area contributed by atoms with Gasteiger partial charge in [0.1, 0.15) is 0 Å². The highest BCUT2D eigenvalue weighted by atomic mass is 19.3. The van der Waals surface area contributed by atoms with E-state index in [1.54, 1.807) is 39.3 Å². The molecule has 0 bridgehead atoms. The number of nitrogens with one attached hydrogen (secondary N) is 2. The number of methoxy groups -OCH3 is 1. The van der Waals surface area contributed by atoms with Gasteiger partial charge in [-0.15, -0.1) is 0 Å². The highest BCUT2D eigenvalue weighted by molar-refractivity contribution is 5.79. The number of para-hydroxylation sites is 1. The fraction of sp³-hybridized carbons (Fsp3) is 0.533. The molecule has 1 aromatic carbocycles. The highest BCUT2D eigenvalue weighted by Crippen LogP contribution is 2.32. The van der Waals surface area contributed by atoms with Gasteiger partial charge in [0.05, 0.1) is 13.2 Å². The molecule has 0 aliphatic rings. The maximum absolute atomic E-state index is 12.6. The Morgan fingerprint density at radius 2 is 2.09 bits per heavy atom. The first-order chi connectivity index (χ1) is 11.1. The Hall–Kier alpha value is -2.09. The highest BCUT2D eigenvalue weighted by Gasteiger charge is 2.15. The SMILES string of the molecule is CCOc1cccc(CNC(=NC)NCCOC)c1OC(F)F. The van der Waals surface area contributed by atoms with Crippen LogP contribution >= 0.6 is 0 Å². The largest absolute Gasteiger partial charge is 0.490 e. The second-order valence-electron chi connectivity index (χ2n) is 4.40. The number of nitrogens with zero attached hydrogens (tertiary/aromatic N) is 1. The Morgan fingerprint density at radius 1 is 1.30 bits per heavy atom. The molecule has 130 valence electrons. The van der Waals surface area contributed by atoms with Crippen molar-refractivity contribution in [1.82, 2.24) is 10.6 Å². The van der Waals surface area contributed by atoms with Crippen molar-refractivity contribution >= 4 is 5.96 Å². The Kier molecular flexibility index (Phi) is 8.74. The lowest BCUT2D eigenvalue weighted by atomic mass is 10.2. The summed E-state index contributed by atoms with van der Waals surface area (Å²) in [7, 11) is 3.22. The van der Waals surface area contributed by atoms with Crippen molar-refractivity contribution in [1.29, 1.82) is 0 Å². The summed E-state index contributed by atoms with van der Waals surface area (Å²) in [5.74, 6) is 0.852. The van der Waals surface area contributed by atoms with Crippen LogP contribution in [0.15, 0.2) is 23.2 Å². The van der Waals surface area contributed by atoms with Gasteiger partial charge in [-0.05, 0) is 13.0 Å². The average Bonchev–Trinajstić information content (AvgIpc) is 2.53. The second-order valence-corrected chi connectivity index (χ2v) is 4.40. The summed E-state index contributed by atoms with van der Waals surface area (Å²) < 4.78 is 40.2. The van der Waals surface area contributed by atoms with E-state index in [0.717, 1.165) is 0 Å². The Bertz CT molecular complexity index is 499. The molecular formula is C15H23F2N3O3. The van der Waals surface area contributed by atoms with Gasteiger partial charge in [0, 0.05) is 32.8 Å². The number of hydrogen-bond donors (Lipinski definition) is 2. The lowest BCUT2D eigenvalue weighted by Gasteiger charge is -2.17. The fourth-order valence-electron chi connectivity index (χ4n) is 1.86. The van der Waals surface area contributed by atoms with E-state index < -0.39 is 6.61 Å². The topological polar surface area (TPSA) is 64.1 Å². The number of benzene rings is 1. The van der Waals surface area contributed by atoms with Gasteiger partial charge in [0.15, 0.2) is 17.5 Å². The number of rotatable bonds is 9. The summed E-state index contributed by atoms with van der Waals surface area (Å²) in [5, 5.41) is 6.06. The van der Waals surface area contributed by atoms with Crippen LogP contribution in [0.25, 0.3) is 0 Å². The number of aliphatic imine (C=N–C) groups is 1. The summed E-state index contributed by atoms with van der Waals surface area (Å²) in [5.41, 5.74) is 0.547. The molecule has 0 fully saturated rings. The molecule has 23 heavy (non-hydrogen) atoms. The van der Waals surface area contributed by atoms with Crippen molar-refractivity contribution in [3.63, 3.8) is 0 Å². The standard InChI is InChI=1S/C15H23F2N3O3/c1-4-22-12-7-5-6-11(13(12)23-14(16)17)10-20-15(18-2)19-8-9-21-3/h5-7,14H,4,8-10H2,1-3H3,(H2,18,19,20). The van der Waals surface area contributed by atoms with Gasteiger partial charge in [0.2, 0.25) is 0 Å². The third-order valence-corrected chi connectivity index (χ3v) is 2.84. The molecule has 0 amide bonds. The van der Waals surface area contributed by atoms with E-state index in [1.165, 1.54) is 0 Å². The predicted molar refractivity (Wildman–Crippen MR) is 84.3 cm³/mol. The zero-order valence-electron chi connectivity index (χ0n) is 13.6. The molecule has 6 nitrogen and oxygen atoms in total. The molecule has 0 atom stereocenters. The van der Waals surface area contributed by atoms with Crippen molar-refractivity contribution in [3.8, 4) is 11.5 Å². The van der Waals surface area contributed by atoms with E-state index in [1.807, 2.05) is 0 Å². The van der Waals surface area contributed by atoms with Crippen molar-refractivity contribution in [2.75, 3.05) is 33.9 Å². The van der Waals surface area contributed by atoms with Crippen LogP contribution in [0, 0.1) is 0 Å². The molecule has 2 N–H and O–H groups in total. The molecule has 1 aromatic rings. The third-order valence-electron chi connectivity index (χ3n) is 2.84. The Labute approximate surface area is 134 Å². The quantitative estimate of drug-likeness (QED) is 0.412. The Balaban J connectivity index is 2.79. The van der Waals surface area contributed by atoms with E-state index in [9.17, 15) is 8.78 Å². The van der Waals surface area contributed by atoms with Gasteiger partial charge < -0.3 is 24.8 Å². The van der Waals surface area contributed by atoms with Gasteiger partial charge in [-0.1, -0.05) is 12.1 Å². The van der Waals surface area contributed by atoms with Crippen LogP contribution in [-0.2, 0) is 11.3 Å². The molecule has 0 saturated heterocycles. The zero-order valence-corrected chi connectivity index (χ0v) is 13.6. The van der Waals surface area contributed by atoms with Crippen LogP contribution in [0.1, 0.15) is 12.5 Å². The number of ether oxygens (including phenoxy) is 3. The van der Waals surface area contributed by atoms with Crippen molar-refractivity contribution in [2.45, 2.75) is 20.1 Å². The number of halogens is 2. The summed E-state index contributed by atoms with van der Waals surface area (Å²) in [6, 6.07) is 5.01. The van der Waals surface area contributed by atoms with Crippen LogP contribution in [0.2, 0.25) is 0 Å². The van der Waals surface area contributed by atoms with E-state index >= 15 is 0 Å². The molecule has 0 unspecified atom stereocenters. The second kappa shape index (κ2) is 10.6. The summed E-state index contributed by atoms with van der Waals surface area (Å²) in [4.78, 5) is 4.04. The van der Waals surface area contributed by atoms with Crippen LogP contribution in [0.4, 0.5) is 8.78 Å². The van der Waals surface area contributed by atoms with Crippen LogP contribution in [0.5, 0.6) is 11.5 Å². The fourth-order valence-corrected chi connectivity index (χ4v) is 1.86. The molecule has 0 aromatic heterocycles. The van der Waals surface area contributed by atoms with Crippen molar-refractivity contribution < 1.29 is 23.0 Å². The lowest BCUT2D eigenvalue weighted by Crippen LogP contribution is -2.38. The van der Waals surface area contributed by atoms with E-state index in [-0.39, 0.29) is 18.0 Å². The molecule has 0 radical (unpaired) electrons. The van der Waals surface area contributed by atoms with Crippen molar-refractivity contribution in [3.05, 3.63) is 23.8 Å². The van der Waals surface area contributed by atoms with E-state index in [4.69, 9.17) is 9.47 Å². The van der Waals surface area contributed by atoms with Gasteiger partial charge >= 0.3 is 6.61 Å². The number of hydrogen-bond acceptors (Lipinski definition) is 4. The average molecular weight is 331 g/mol. The molecular weight excluding hydrogens is 308 g/mol. The van der Waals surface area contributed by atoms with Gasteiger partial charge in [-0.3, -0.25) is 4.99 Å². The Morgan fingerprint density at radius 3 is 2.70 bits per heavy atom. The molecule has 0 heterocycles. The van der Waals surface area contributed by atoms with Gasteiger partial charge in [-0.2, -0.15) is 8.78 Å². The third kappa shape index (κ3) is 6.68. The summed E-state index contributed by atoms with van der Waals surface area (Å²) in [6.45, 7) is 0.579. The normalized spacial score (nSPS) is 11.5. The van der Waals surface area contributed by atoms with E-state index in [2.05, 4.69) is 20.4 Å². The lowest BCUT2D eigenvalue weighted by molar-refractivity contribution is -0.0520. The van der Waals surface area contributed by atoms with Crippen LogP contribution < -0.4 is 20.1 Å². The molecule has 1 rings (SSSR count). The van der Waals surface area contributed by atoms with E-state index in [0.29, 0.717) is 31.3 Å². The van der Waals surface area contributed by atoms with Gasteiger partial charge in [0.25, 0.3) is 0 Å². The van der Waals surface area contributed by atoms with Crippen LogP contribution in [0.3, 0.4) is 0 Å². The smallest absolute Gasteiger partial charge is 0.387 e. The molecule has 0 aliphatic carbocycles. The minimum absolute atomic E-state index is 0.0317. The minimum atomic E-state index is -2.92. The van der Waals surface area contributed by atoms with Gasteiger partial charge in [-0.25, -0.2) is 0 Å². The minimum Gasteiger partial charge on any atom is -0.490 e. The maximum atomic E-state index is 12.6. The summed E-state index contributed by atoms with van der Waals surface area (Å²) in [6.07, 6.45) is 0. The van der Waals surface area contributed by atoms with Crippen LogP contribution in [-0.4, -0.2) is 46.5 Å². The number of alkyl halides is 2. The first kappa shape index (κ1) is 19.0. The monoisotopic (exact) mass is 331 g/mol.